The van der Waals surface area contributed by atoms with Gasteiger partial charge in [-0.2, -0.15) is 0 Å². The molecule has 0 saturated carbocycles. The van der Waals surface area contributed by atoms with Gasteiger partial charge in [-0.15, -0.1) is 0 Å². The third kappa shape index (κ3) is 4.22. The van der Waals surface area contributed by atoms with E-state index in [4.69, 9.17) is 9.47 Å². The number of ether oxygens (including phenoxy) is 2. The Hall–Kier alpha value is -1.22. The minimum Gasteiger partial charge on any atom is -0.493 e. The third-order valence-electron chi connectivity index (χ3n) is 2.98. The summed E-state index contributed by atoms with van der Waals surface area (Å²) in [6.45, 7) is 7.14. The molecule has 1 N–H and O–H groups in total. The van der Waals surface area contributed by atoms with Crippen LogP contribution in [0, 0.1) is 5.92 Å². The molecule has 0 aliphatic carbocycles. The summed E-state index contributed by atoms with van der Waals surface area (Å²) in [5.74, 6) is 2.36. The van der Waals surface area contributed by atoms with Crippen molar-refractivity contribution in [1.82, 2.24) is 5.32 Å². The topological polar surface area (TPSA) is 30.5 Å². The standard InChI is InChI=1S/C15H23NO2/c1-12(2)11-17-14-4-3-5-15(10-14)18-13-6-8-16-9-7-13/h3-5,10,12-13,16H,6-9,11H2,1-2H3. The van der Waals surface area contributed by atoms with Gasteiger partial charge >= 0.3 is 0 Å². The fourth-order valence-electron chi connectivity index (χ4n) is 2.01. The van der Waals surface area contributed by atoms with Crippen molar-refractivity contribution < 1.29 is 9.47 Å². The summed E-state index contributed by atoms with van der Waals surface area (Å²) in [5.41, 5.74) is 0. The average Bonchev–Trinajstić information content (AvgIpc) is 2.38. The zero-order chi connectivity index (χ0) is 12.8. The second kappa shape index (κ2) is 6.64. The van der Waals surface area contributed by atoms with E-state index in [0.29, 0.717) is 12.0 Å². The Morgan fingerprint density at radius 1 is 1.22 bits per heavy atom. The Balaban J connectivity index is 1.89. The molecule has 0 spiro atoms. The van der Waals surface area contributed by atoms with Crippen LogP contribution in [0.3, 0.4) is 0 Å². The lowest BCUT2D eigenvalue weighted by Crippen LogP contribution is -2.34. The number of nitrogens with one attached hydrogen (secondary N) is 1. The molecule has 0 aromatic heterocycles. The van der Waals surface area contributed by atoms with Gasteiger partial charge in [-0.3, -0.25) is 0 Å². The molecule has 3 heteroatoms. The molecule has 1 aliphatic heterocycles. The summed E-state index contributed by atoms with van der Waals surface area (Å²) in [6, 6.07) is 7.97. The van der Waals surface area contributed by atoms with Gasteiger partial charge in [0, 0.05) is 6.07 Å². The third-order valence-corrected chi connectivity index (χ3v) is 2.98. The summed E-state index contributed by atoms with van der Waals surface area (Å²) in [6.07, 6.45) is 2.50. The first-order valence-corrected chi connectivity index (χ1v) is 6.84. The Kier molecular flexibility index (Phi) is 4.88. The summed E-state index contributed by atoms with van der Waals surface area (Å²) in [7, 11) is 0. The second-order valence-corrected chi connectivity index (χ2v) is 5.25. The highest BCUT2D eigenvalue weighted by Crippen LogP contribution is 2.22. The Morgan fingerprint density at radius 3 is 2.67 bits per heavy atom. The minimum absolute atomic E-state index is 0.339. The molecule has 1 aromatic rings. The molecule has 1 saturated heterocycles. The van der Waals surface area contributed by atoms with Crippen molar-refractivity contribution in [2.75, 3.05) is 19.7 Å². The first-order valence-electron chi connectivity index (χ1n) is 6.84. The lowest BCUT2D eigenvalue weighted by Gasteiger charge is -2.24. The first kappa shape index (κ1) is 13.2. The van der Waals surface area contributed by atoms with E-state index in [2.05, 4.69) is 19.2 Å². The zero-order valence-corrected chi connectivity index (χ0v) is 11.3. The molecule has 0 bridgehead atoms. The molecule has 1 aromatic carbocycles. The molecule has 1 fully saturated rings. The first-order chi connectivity index (χ1) is 8.74. The van der Waals surface area contributed by atoms with Gasteiger partial charge in [-0.1, -0.05) is 19.9 Å². The quantitative estimate of drug-likeness (QED) is 0.870. The number of piperidine rings is 1. The molecule has 100 valence electrons. The predicted octanol–water partition coefficient (Wildman–Crippen LogP) is 2.85. The van der Waals surface area contributed by atoms with Crippen molar-refractivity contribution >= 4 is 0 Å². The predicted molar refractivity (Wildman–Crippen MR) is 73.3 cm³/mol. The SMILES string of the molecule is CC(C)COc1cccc(OC2CCNCC2)c1. The van der Waals surface area contributed by atoms with E-state index in [9.17, 15) is 0 Å². The van der Waals surface area contributed by atoms with Crippen LogP contribution in [0.15, 0.2) is 24.3 Å². The maximum atomic E-state index is 5.98. The van der Waals surface area contributed by atoms with Gasteiger partial charge in [0.1, 0.15) is 17.6 Å². The highest BCUT2D eigenvalue weighted by Gasteiger charge is 2.14. The minimum atomic E-state index is 0.339. The normalized spacial score (nSPS) is 16.8. The van der Waals surface area contributed by atoms with Crippen molar-refractivity contribution in [3.05, 3.63) is 24.3 Å². The van der Waals surface area contributed by atoms with Gasteiger partial charge in [0.15, 0.2) is 0 Å². The fraction of sp³-hybridized carbons (Fsp3) is 0.600. The highest BCUT2D eigenvalue weighted by atomic mass is 16.5. The average molecular weight is 249 g/mol. The van der Waals surface area contributed by atoms with Crippen molar-refractivity contribution in [1.29, 1.82) is 0 Å². The van der Waals surface area contributed by atoms with E-state index < -0.39 is 0 Å². The summed E-state index contributed by atoms with van der Waals surface area (Å²) >= 11 is 0. The smallest absolute Gasteiger partial charge is 0.123 e. The largest absolute Gasteiger partial charge is 0.493 e. The van der Waals surface area contributed by atoms with Crippen LogP contribution in [0.5, 0.6) is 11.5 Å². The zero-order valence-electron chi connectivity index (χ0n) is 11.3. The summed E-state index contributed by atoms with van der Waals surface area (Å²) in [4.78, 5) is 0. The van der Waals surface area contributed by atoms with E-state index in [1.807, 2.05) is 24.3 Å². The molecule has 0 unspecified atom stereocenters. The van der Waals surface area contributed by atoms with E-state index in [0.717, 1.165) is 44.0 Å². The maximum absolute atomic E-state index is 5.98. The number of hydrogen-bond donors (Lipinski definition) is 1. The van der Waals surface area contributed by atoms with Crippen LogP contribution in [-0.2, 0) is 0 Å². The van der Waals surface area contributed by atoms with Gasteiger partial charge in [-0.25, -0.2) is 0 Å². The molecule has 0 radical (unpaired) electrons. The highest BCUT2D eigenvalue weighted by molar-refractivity contribution is 5.33. The summed E-state index contributed by atoms with van der Waals surface area (Å²) < 4.78 is 11.7. The van der Waals surface area contributed by atoms with Crippen LogP contribution < -0.4 is 14.8 Å². The van der Waals surface area contributed by atoms with Gasteiger partial charge in [-0.05, 0) is 44.0 Å². The number of benzene rings is 1. The van der Waals surface area contributed by atoms with Crippen LogP contribution in [0.4, 0.5) is 0 Å². The molecule has 3 nitrogen and oxygen atoms in total. The molecule has 1 aliphatic rings. The molecule has 0 amide bonds. The maximum Gasteiger partial charge on any atom is 0.123 e. The van der Waals surface area contributed by atoms with Gasteiger partial charge in [0.25, 0.3) is 0 Å². The molecule has 18 heavy (non-hydrogen) atoms. The Labute approximate surface area is 109 Å². The van der Waals surface area contributed by atoms with Gasteiger partial charge in [0.2, 0.25) is 0 Å². The molecule has 1 heterocycles. The van der Waals surface area contributed by atoms with Gasteiger partial charge in [0.05, 0.1) is 6.61 Å². The van der Waals surface area contributed by atoms with Crippen molar-refractivity contribution in [2.45, 2.75) is 32.8 Å². The fourth-order valence-corrected chi connectivity index (χ4v) is 2.01. The van der Waals surface area contributed by atoms with E-state index in [1.54, 1.807) is 0 Å². The van der Waals surface area contributed by atoms with Crippen molar-refractivity contribution in [3.63, 3.8) is 0 Å². The lowest BCUT2D eigenvalue weighted by molar-refractivity contribution is 0.161. The van der Waals surface area contributed by atoms with Crippen LogP contribution in [0.2, 0.25) is 0 Å². The van der Waals surface area contributed by atoms with Crippen molar-refractivity contribution in [2.24, 2.45) is 5.92 Å². The lowest BCUT2D eigenvalue weighted by atomic mass is 10.1. The second-order valence-electron chi connectivity index (χ2n) is 5.25. The monoisotopic (exact) mass is 249 g/mol. The van der Waals surface area contributed by atoms with E-state index in [-0.39, 0.29) is 0 Å². The van der Waals surface area contributed by atoms with Crippen LogP contribution in [0.1, 0.15) is 26.7 Å². The Morgan fingerprint density at radius 2 is 1.94 bits per heavy atom. The summed E-state index contributed by atoms with van der Waals surface area (Å²) in [5, 5.41) is 3.34. The molecule has 2 rings (SSSR count). The van der Waals surface area contributed by atoms with Crippen molar-refractivity contribution in [3.8, 4) is 11.5 Å². The van der Waals surface area contributed by atoms with Crippen LogP contribution >= 0.6 is 0 Å². The van der Waals surface area contributed by atoms with Crippen LogP contribution in [-0.4, -0.2) is 25.8 Å². The van der Waals surface area contributed by atoms with E-state index >= 15 is 0 Å². The molecular formula is C15H23NO2. The van der Waals surface area contributed by atoms with Crippen LogP contribution in [0.25, 0.3) is 0 Å². The number of hydrogen-bond acceptors (Lipinski definition) is 3. The molecular weight excluding hydrogens is 226 g/mol. The molecule has 0 atom stereocenters. The van der Waals surface area contributed by atoms with E-state index in [1.165, 1.54) is 0 Å². The number of rotatable bonds is 5. The van der Waals surface area contributed by atoms with Gasteiger partial charge < -0.3 is 14.8 Å². The Bertz CT molecular complexity index is 359.